The van der Waals surface area contributed by atoms with Crippen molar-refractivity contribution in [3.8, 4) is 23.0 Å². The van der Waals surface area contributed by atoms with Crippen LogP contribution < -0.4 is 11.5 Å². The van der Waals surface area contributed by atoms with Crippen molar-refractivity contribution in [3.05, 3.63) is 47.5 Å². The molecule has 6 nitrogen and oxygen atoms in total. The van der Waals surface area contributed by atoms with Crippen molar-refractivity contribution in [2.45, 2.75) is 32.1 Å². The third-order valence-electron chi connectivity index (χ3n) is 6.41. The molecule has 3 rings (SSSR count). The zero-order valence-electron chi connectivity index (χ0n) is 16.0. The molecule has 1 aliphatic rings. The molecule has 0 heterocycles. The normalized spacial score (nSPS) is 24.9. The molecule has 28 heavy (non-hydrogen) atoms. The van der Waals surface area contributed by atoms with Crippen molar-refractivity contribution in [2.75, 3.05) is 13.1 Å². The fourth-order valence-electron chi connectivity index (χ4n) is 4.85. The van der Waals surface area contributed by atoms with Crippen LogP contribution in [0.15, 0.2) is 36.4 Å². The van der Waals surface area contributed by atoms with Gasteiger partial charge < -0.3 is 31.9 Å². The van der Waals surface area contributed by atoms with Crippen molar-refractivity contribution in [2.24, 2.45) is 28.7 Å². The smallest absolute Gasteiger partial charge is 0.157 e. The van der Waals surface area contributed by atoms with Crippen LogP contribution in [-0.4, -0.2) is 33.5 Å². The van der Waals surface area contributed by atoms with Crippen molar-refractivity contribution >= 4 is 0 Å². The Morgan fingerprint density at radius 3 is 2.04 bits per heavy atom. The molecule has 0 saturated heterocycles. The minimum atomic E-state index is -0.195. The Bertz CT molecular complexity index is 826. The first-order chi connectivity index (χ1) is 13.4. The van der Waals surface area contributed by atoms with Crippen LogP contribution in [0.4, 0.5) is 0 Å². The Labute approximate surface area is 165 Å². The first kappa shape index (κ1) is 20.3. The second-order valence-electron chi connectivity index (χ2n) is 8.09. The van der Waals surface area contributed by atoms with Gasteiger partial charge in [-0.3, -0.25) is 0 Å². The van der Waals surface area contributed by atoms with Gasteiger partial charge in [0.15, 0.2) is 23.0 Å². The van der Waals surface area contributed by atoms with Crippen molar-refractivity contribution < 1.29 is 20.4 Å². The van der Waals surface area contributed by atoms with E-state index in [0.717, 1.165) is 30.4 Å². The summed E-state index contributed by atoms with van der Waals surface area (Å²) >= 11 is 0. The Morgan fingerprint density at radius 1 is 0.857 bits per heavy atom. The molecule has 0 aliphatic heterocycles. The highest BCUT2D eigenvalue weighted by atomic mass is 16.3. The molecule has 2 aromatic carbocycles. The third kappa shape index (κ3) is 4.03. The van der Waals surface area contributed by atoms with Gasteiger partial charge >= 0.3 is 0 Å². The summed E-state index contributed by atoms with van der Waals surface area (Å²) in [6, 6.07) is 9.86. The lowest BCUT2D eigenvalue weighted by Crippen LogP contribution is -2.48. The summed E-state index contributed by atoms with van der Waals surface area (Å²) in [5.74, 6) is -0.0112. The molecule has 1 saturated carbocycles. The molecule has 1 aliphatic carbocycles. The maximum Gasteiger partial charge on any atom is 0.157 e. The van der Waals surface area contributed by atoms with E-state index in [2.05, 4.69) is 0 Å². The lowest BCUT2D eigenvalue weighted by atomic mass is 9.57. The molecule has 6 heteroatoms. The molecule has 152 valence electrons. The maximum atomic E-state index is 9.89. The van der Waals surface area contributed by atoms with E-state index in [0.29, 0.717) is 31.8 Å². The van der Waals surface area contributed by atoms with Crippen LogP contribution in [0.1, 0.15) is 30.4 Å². The monoisotopic (exact) mass is 386 g/mol. The van der Waals surface area contributed by atoms with E-state index in [4.69, 9.17) is 11.5 Å². The van der Waals surface area contributed by atoms with Crippen LogP contribution in [-0.2, 0) is 12.8 Å². The zero-order valence-corrected chi connectivity index (χ0v) is 16.0. The minimum absolute atomic E-state index is 0.126. The highest BCUT2D eigenvalue weighted by Gasteiger charge is 2.44. The van der Waals surface area contributed by atoms with Gasteiger partial charge in [0.05, 0.1) is 0 Å². The molecule has 0 amide bonds. The van der Waals surface area contributed by atoms with Gasteiger partial charge in [-0.05, 0) is 91.4 Å². The van der Waals surface area contributed by atoms with Crippen molar-refractivity contribution in [3.63, 3.8) is 0 Å². The summed E-state index contributed by atoms with van der Waals surface area (Å²) in [4.78, 5) is 0. The molecule has 1 fully saturated rings. The van der Waals surface area contributed by atoms with Gasteiger partial charge in [-0.2, -0.15) is 0 Å². The van der Waals surface area contributed by atoms with E-state index >= 15 is 0 Å². The summed E-state index contributed by atoms with van der Waals surface area (Å²) in [6.07, 6.45) is 4.42. The molecular formula is C22H30N2O4. The molecule has 0 aromatic heterocycles. The van der Waals surface area contributed by atoms with Gasteiger partial charge in [0.2, 0.25) is 0 Å². The largest absolute Gasteiger partial charge is 0.504 e. The van der Waals surface area contributed by atoms with Crippen LogP contribution in [0.3, 0.4) is 0 Å². The van der Waals surface area contributed by atoms with Crippen LogP contribution in [0.25, 0.3) is 0 Å². The fraction of sp³-hybridized carbons (Fsp3) is 0.455. The van der Waals surface area contributed by atoms with E-state index < -0.39 is 0 Å². The molecule has 3 unspecified atom stereocenters. The summed E-state index contributed by atoms with van der Waals surface area (Å²) < 4.78 is 0. The average Bonchev–Trinajstić information content (AvgIpc) is 2.69. The Kier molecular flexibility index (Phi) is 6.01. The van der Waals surface area contributed by atoms with Crippen LogP contribution >= 0.6 is 0 Å². The van der Waals surface area contributed by atoms with Gasteiger partial charge in [0.25, 0.3) is 0 Å². The first-order valence-corrected chi connectivity index (χ1v) is 9.80. The average molecular weight is 386 g/mol. The lowest BCUT2D eigenvalue weighted by molar-refractivity contribution is 0.0511. The SMILES string of the molecule is NCC1CCCC(CN)(Cc2ccc(O)c(O)c2)C1Cc1ccc(O)c(O)c1. The van der Waals surface area contributed by atoms with Gasteiger partial charge in [0.1, 0.15) is 0 Å². The number of nitrogens with two attached hydrogens (primary N) is 2. The first-order valence-electron chi connectivity index (χ1n) is 9.80. The number of rotatable bonds is 6. The summed E-state index contributed by atoms with van der Waals surface area (Å²) in [5.41, 5.74) is 14.1. The molecule has 8 N–H and O–H groups in total. The number of hydrogen-bond acceptors (Lipinski definition) is 6. The Balaban J connectivity index is 1.94. The van der Waals surface area contributed by atoms with Gasteiger partial charge in [0, 0.05) is 0 Å². The number of hydrogen-bond donors (Lipinski definition) is 6. The molecule has 0 bridgehead atoms. The van der Waals surface area contributed by atoms with Crippen LogP contribution in [0.5, 0.6) is 23.0 Å². The molecule has 2 aromatic rings. The highest BCUT2D eigenvalue weighted by molar-refractivity contribution is 5.42. The standard InChI is InChI=1S/C22H30N2O4/c23-12-16-2-1-7-22(13-24,11-15-4-6-19(26)21(28)10-15)17(16)8-14-3-5-18(25)20(27)9-14/h3-6,9-10,16-17,25-28H,1-2,7-8,11-13,23-24H2. The molecular weight excluding hydrogens is 356 g/mol. The van der Waals surface area contributed by atoms with Gasteiger partial charge in [-0.15, -0.1) is 0 Å². The van der Waals surface area contributed by atoms with Crippen molar-refractivity contribution in [1.82, 2.24) is 0 Å². The second kappa shape index (κ2) is 8.29. The number of phenols is 4. The quantitative estimate of drug-likeness (QED) is 0.423. The predicted octanol–water partition coefficient (Wildman–Crippen LogP) is 2.61. The lowest BCUT2D eigenvalue weighted by Gasteiger charge is -2.48. The zero-order chi connectivity index (χ0) is 20.3. The summed E-state index contributed by atoms with van der Waals surface area (Å²) in [5, 5.41) is 39.0. The van der Waals surface area contributed by atoms with Crippen molar-refractivity contribution in [1.29, 1.82) is 0 Å². The Morgan fingerprint density at radius 2 is 1.46 bits per heavy atom. The summed E-state index contributed by atoms with van der Waals surface area (Å²) in [7, 11) is 0. The topological polar surface area (TPSA) is 133 Å². The fourth-order valence-corrected chi connectivity index (χ4v) is 4.85. The highest BCUT2D eigenvalue weighted by Crippen LogP contribution is 2.48. The van der Waals surface area contributed by atoms with E-state index in [1.54, 1.807) is 12.1 Å². The summed E-state index contributed by atoms with van der Waals surface area (Å²) in [6.45, 7) is 1.05. The van der Waals surface area contributed by atoms with E-state index in [9.17, 15) is 20.4 Å². The molecule has 3 atom stereocenters. The second-order valence-corrected chi connectivity index (χ2v) is 8.09. The molecule has 0 radical (unpaired) electrons. The van der Waals surface area contributed by atoms with E-state index in [1.165, 1.54) is 12.1 Å². The van der Waals surface area contributed by atoms with E-state index in [1.807, 2.05) is 12.1 Å². The number of benzene rings is 2. The van der Waals surface area contributed by atoms with E-state index in [-0.39, 0.29) is 34.3 Å². The predicted molar refractivity (Wildman–Crippen MR) is 108 cm³/mol. The molecule has 0 spiro atoms. The Hall–Kier alpha value is -2.44. The number of aromatic hydroxyl groups is 4. The maximum absolute atomic E-state index is 9.89. The third-order valence-corrected chi connectivity index (χ3v) is 6.41. The van der Waals surface area contributed by atoms with Crippen LogP contribution in [0, 0.1) is 17.3 Å². The van der Waals surface area contributed by atoms with Gasteiger partial charge in [-0.25, -0.2) is 0 Å². The minimum Gasteiger partial charge on any atom is -0.504 e. The van der Waals surface area contributed by atoms with Gasteiger partial charge in [-0.1, -0.05) is 18.6 Å². The number of phenolic OH excluding ortho intramolecular Hbond substituents is 4. The van der Waals surface area contributed by atoms with Crippen LogP contribution in [0.2, 0.25) is 0 Å².